The van der Waals surface area contributed by atoms with Crippen LogP contribution in [0.3, 0.4) is 0 Å². The molecular formula is C16H22N6O2. The smallest absolute Gasteiger partial charge is 0.228 e. The Morgan fingerprint density at radius 2 is 1.92 bits per heavy atom. The highest BCUT2D eigenvalue weighted by Crippen LogP contribution is 2.26. The van der Waals surface area contributed by atoms with E-state index in [1.165, 1.54) is 0 Å². The molecule has 0 unspecified atom stereocenters. The van der Waals surface area contributed by atoms with Crippen molar-refractivity contribution in [2.24, 2.45) is 0 Å². The Balaban J connectivity index is 1.64. The third-order valence-electron chi connectivity index (χ3n) is 4.29. The first-order valence-corrected chi connectivity index (χ1v) is 8.12. The molecule has 0 radical (unpaired) electrons. The lowest BCUT2D eigenvalue weighted by Crippen LogP contribution is -2.45. The average Bonchev–Trinajstić information content (AvgIpc) is 2.65. The van der Waals surface area contributed by atoms with Crippen molar-refractivity contribution in [3.8, 4) is 0 Å². The number of hydrogen-bond acceptors (Lipinski definition) is 8. The fourth-order valence-electron chi connectivity index (χ4n) is 2.96. The number of aliphatic hydroxyl groups excluding tert-OH is 2. The molecule has 2 aromatic rings. The van der Waals surface area contributed by atoms with E-state index in [0.29, 0.717) is 11.8 Å². The van der Waals surface area contributed by atoms with E-state index in [9.17, 15) is 10.2 Å². The molecule has 1 aliphatic rings. The maximum absolute atomic E-state index is 9.36. The van der Waals surface area contributed by atoms with E-state index in [2.05, 4.69) is 30.2 Å². The molecule has 1 fully saturated rings. The molecule has 0 spiro atoms. The molecule has 0 bridgehead atoms. The second-order valence-electron chi connectivity index (χ2n) is 5.88. The predicted molar refractivity (Wildman–Crippen MR) is 88.9 cm³/mol. The first-order chi connectivity index (χ1) is 11.8. The molecule has 0 saturated carbocycles. The highest BCUT2D eigenvalue weighted by atomic mass is 16.3. The summed E-state index contributed by atoms with van der Waals surface area (Å²) in [6, 6.07) is 1.55. The summed E-state index contributed by atoms with van der Waals surface area (Å²) < 4.78 is 0. The Kier molecular flexibility index (Phi) is 5.63. The SMILES string of the molecule is OCC(CO)N1CCC[C@@H](c2cnc(Nc3ncccn3)cn2)C1. The topological polar surface area (TPSA) is 107 Å². The van der Waals surface area contributed by atoms with Gasteiger partial charge < -0.3 is 15.5 Å². The Morgan fingerprint density at radius 3 is 2.58 bits per heavy atom. The minimum Gasteiger partial charge on any atom is -0.395 e. The highest BCUT2D eigenvalue weighted by Gasteiger charge is 2.26. The van der Waals surface area contributed by atoms with Crippen molar-refractivity contribution in [1.29, 1.82) is 0 Å². The minimum absolute atomic E-state index is 0.0329. The first-order valence-electron chi connectivity index (χ1n) is 8.12. The maximum atomic E-state index is 9.36. The summed E-state index contributed by atoms with van der Waals surface area (Å²) in [5.41, 5.74) is 0.925. The molecule has 0 amide bonds. The van der Waals surface area contributed by atoms with Crippen molar-refractivity contribution in [1.82, 2.24) is 24.8 Å². The molecule has 2 aromatic heterocycles. The summed E-state index contributed by atoms with van der Waals surface area (Å²) in [6.07, 6.45) is 8.82. The molecule has 1 aliphatic heterocycles. The second-order valence-corrected chi connectivity index (χ2v) is 5.88. The van der Waals surface area contributed by atoms with Gasteiger partial charge in [-0.05, 0) is 25.5 Å². The Bertz CT molecular complexity index is 620. The summed E-state index contributed by atoms with van der Waals surface area (Å²) >= 11 is 0. The Hall–Kier alpha value is -2.16. The highest BCUT2D eigenvalue weighted by molar-refractivity contribution is 5.45. The van der Waals surface area contributed by atoms with Crippen LogP contribution < -0.4 is 5.32 Å². The third kappa shape index (κ3) is 4.02. The van der Waals surface area contributed by atoms with Crippen LogP contribution in [0.2, 0.25) is 0 Å². The number of aliphatic hydroxyl groups is 2. The normalized spacial score (nSPS) is 18.7. The van der Waals surface area contributed by atoms with Crippen LogP contribution in [0.15, 0.2) is 30.9 Å². The third-order valence-corrected chi connectivity index (χ3v) is 4.29. The summed E-state index contributed by atoms with van der Waals surface area (Å²) in [6.45, 7) is 1.60. The number of likely N-dealkylation sites (tertiary alicyclic amines) is 1. The summed E-state index contributed by atoms with van der Waals surface area (Å²) in [7, 11) is 0. The number of aromatic nitrogens is 4. The van der Waals surface area contributed by atoms with E-state index in [-0.39, 0.29) is 25.2 Å². The zero-order chi connectivity index (χ0) is 16.8. The monoisotopic (exact) mass is 330 g/mol. The molecule has 24 heavy (non-hydrogen) atoms. The molecule has 1 atom stereocenters. The van der Waals surface area contributed by atoms with Gasteiger partial charge in [0.05, 0.1) is 37.3 Å². The molecule has 8 heteroatoms. The first kappa shape index (κ1) is 16.7. The Morgan fingerprint density at radius 1 is 1.12 bits per heavy atom. The lowest BCUT2D eigenvalue weighted by Gasteiger charge is -2.36. The maximum Gasteiger partial charge on any atom is 0.228 e. The molecule has 0 aromatic carbocycles. The van der Waals surface area contributed by atoms with Crippen molar-refractivity contribution < 1.29 is 10.2 Å². The lowest BCUT2D eigenvalue weighted by molar-refractivity contribution is 0.0545. The van der Waals surface area contributed by atoms with Gasteiger partial charge in [-0.3, -0.25) is 9.88 Å². The van der Waals surface area contributed by atoms with Crippen LogP contribution in [0.4, 0.5) is 11.8 Å². The van der Waals surface area contributed by atoms with Crippen LogP contribution in [0.5, 0.6) is 0 Å². The molecular weight excluding hydrogens is 308 g/mol. The predicted octanol–water partition coefficient (Wildman–Crippen LogP) is 0.543. The molecule has 8 nitrogen and oxygen atoms in total. The van der Waals surface area contributed by atoms with Gasteiger partial charge in [0.1, 0.15) is 0 Å². The second kappa shape index (κ2) is 8.09. The number of rotatable bonds is 6. The van der Waals surface area contributed by atoms with E-state index in [1.54, 1.807) is 30.9 Å². The lowest BCUT2D eigenvalue weighted by atomic mass is 9.94. The van der Waals surface area contributed by atoms with Crippen LogP contribution in [0.1, 0.15) is 24.5 Å². The Labute approximate surface area is 140 Å². The zero-order valence-electron chi connectivity index (χ0n) is 13.4. The quantitative estimate of drug-likeness (QED) is 0.704. The minimum atomic E-state index is -0.197. The van der Waals surface area contributed by atoms with E-state index in [4.69, 9.17) is 0 Å². The zero-order valence-corrected chi connectivity index (χ0v) is 13.4. The number of hydrogen-bond donors (Lipinski definition) is 3. The van der Waals surface area contributed by atoms with Crippen LogP contribution in [0.25, 0.3) is 0 Å². The number of piperidine rings is 1. The van der Waals surface area contributed by atoms with Crippen LogP contribution in [-0.2, 0) is 0 Å². The van der Waals surface area contributed by atoms with E-state index >= 15 is 0 Å². The number of nitrogens with one attached hydrogen (secondary N) is 1. The van der Waals surface area contributed by atoms with Gasteiger partial charge in [0.2, 0.25) is 5.95 Å². The van der Waals surface area contributed by atoms with Crippen LogP contribution in [0, 0.1) is 0 Å². The summed E-state index contributed by atoms with van der Waals surface area (Å²) in [5.74, 6) is 1.34. The summed E-state index contributed by atoms with van der Waals surface area (Å²) in [4.78, 5) is 19.2. The van der Waals surface area contributed by atoms with E-state index < -0.39 is 0 Å². The fraction of sp³-hybridized carbons (Fsp3) is 0.500. The van der Waals surface area contributed by atoms with E-state index in [0.717, 1.165) is 31.6 Å². The van der Waals surface area contributed by atoms with Crippen LogP contribution in [-0.4, -0.2) is 67.4 Å². The van der Waals surface area contributed by atoms with Gasteiger partial charge in [-0.15, -0.1) is 0 Å². The van der Waals surface area contributed by atoms with Gasteiger partial charge in [-0.2, -0.15) is 0 Å². The van der Waals surface area contributed by atoms with Crippen molar-refractivity contribution in [2.45, 2.75) is 24.8 Å². The fourth-order valence-corrected chi connectivity index (χ4v) is 2.96. The molecule has 3 heterocycles. The van der Waals surface area contributed by atoms with Gasteiger partial charge >= 0.3 is 0 Å². The standard InChI is InChI=1S/C16H22N6O2/c23-10-13(11-24)22-6-1-3-12(9-22)14-7-20-15(8-19-14)21-16-17-4-2-5-18-16/h2,4-5,7-8,12-13,23-24H,1,3,6,9-11H2,(H,17,18,20,21)/t12-/m1/s1. The molecule has 3 N–H and O–H groups in total. The molecule has 3 rings (SSSR count). The molecule has 0 aliphatic carbocycles. The van der Waals surface area contributed by atoms with E-state index in [1.807, 2.05) is 0 Å². The van der Waals surface area contributed by atoms with Crippen molar-refractivity contribution in [2.75, 3.05) is 31.6 Å². The average molecular weight is 330 g/mol. The number of anilines is 2. The number of nitrogens with zero attached hydrogens (tertiary/aromatic N) is 5. The van der Waals surface area contributed by atoms with Crippen molar-refractivity contribution in [3.63, 3.8) is 0 Å². The van der Waals surface area contributed by atoms with Gasteiger partial charge in [0.15, 0.2) is 5.82 Å². The molecule has 1 saturated heterocycles. The van der Waals surface area contributed by atoms with Crippen molar-refractivity contribution in [3.05, 3.63) is 36.5 Å². The van der Waals surface area contributed by atoms with Crippen molar-refractivity contribution >= 4 is 11.8 Å². The molecule has 128 valence electrons. The van der Waals surface area contributed by atoms with Gasteiger partial charge in [0.25, 0.3) is 0 Å². The van der Waals surface area contributed by atoms with Gasteiger partial charge in [0, 0.05) is 24.9 Å². The van der Waals surface area contributed by atoms with Crippen LogP contribution >= 0.6 is 0 Å². The van der Waals surface area contributed by atoms with Gasteiger partial charge in [-0.25, -0.2) is 15.0 Å². The summed E-state index contributed by atoms with van der Waals surface area (Å²) in [5, 5.41) is 21.7. The van der Waals surface area contributed by atoms with Gasteiger partial charge in [-0.1, -0.05) is 0 Å². The largest absolute Gasteiger partial charge is 0.395 e.